The summed E-state index contributed by atoms with van der Waals surface area (Å²) in [7, 11) is 0. The molecule has 6 heteroatoms. The maximum absolute atomic E-state index is 13.3. The van der Waals surface area contributed by atoms with Gasteiger partial charge < -0.3 is 10.2 Å². The molecule has 0 spiro atoms. The van der Waals surface area contributed by atoms with Crippen LogP contribution in [0.5, 0.6) is 0 Å². The zero-order valence-electron chi connectivity index (χ0n) is 18.8. The average Bonchev–Trinajstić information content (AvgIpc) is 2.74. The van der Waals surface area contributed by atoms with Crippen molar-refractivity contribution in [2.75, 3.05) is 0 Å². The lowest BCUT2D eigenvalue weighted by molar-refractivity contribution is -0.141. The number of hydrogen-bond donors (Lipinski definition) is 1. The SMILES string of the molecule is CCc1ccc(CCC(=O)N(Cc2ccc(Cl)c(Cl)c2)C(CC)C(=O)NC(C)C)cc1. The third kappa shape index (κ3) is 7.55. The number of halogens is 2. The minimum absolute atomic E-state index is 0.000517. The van der Waals surface area contributed by atoms with Crippen molar-refractivity contribution in [3.05, 3.63) is 69.2 Å². The molecule has 168 valence electrons. The van der Waals surface area contributed by atoms with Gasteiger partial charge in [0.05, 0.1) is 10.0 Å². The number of benzene rings is 2. The van der Waals surface area contributed by atoms with E-state index in [1.807, 2.05) is 26.8 Å². The van der Waals surface area contributed by atoms with Crippen LogP contribution in [-0.4, -0.2) is 28.8 Å². The molecule has 0 saturated heterocycles. The van der Waals surface area contributed by atoms with Gasteiger partial charge in [-0.2, -0.15) is 0 Å². The summed E-state index contributed by atoms with van der Waals surface area (Å²) < 4.78 is 0. The fraction of sp³-hybridized carbons (Fsp3) is 0.440. The Hall–Kier alpha value is -2.04. The summed E-state index contributed by atoms with van der Waals surface area (Å²) in [5.41, 5.74) is 3.22. The molecule has 4 nitrogen and oxygen atoms in total. The van der Waals surface area contributed by atoms with Crippen molar-refractivity contribution in [2.24, 2.45) is 0 Å². The summed E-state index contributed by atoms with van der Waals surface area (Å²) >= 11 is 12.2. The van der Waals surface area contributed by atoms with Crippen molar-refractivity contribution < 1.29 is 9.59 Å². The molecule has 0 heterocycles. The van der Waals surface area contributed by atoms with E-state index in [0.29, 0.717) is 35.9 Å². The Morgan fingerprint density at radius 2 is 1.55 bits per heavy atom. The number of rotatable bonds is 10. The van der Waals surface area contributed by atoms with Crippen molar-refractivity contribution in [3.8, 4) is 0 Å². The normalized spacial score (nSPS) is 12.0. The van der Waals surface area contributed by atoms with Crippen molar-refractivity contribution >= 4 is 35.0 Å². The molecular formula is C25H32Cl2N2O2. The Kier molecular flexibility index (Phi) is 9.86. The Morgan fingerprint density at radius 3 is 2.10 bits per heavy atom. The molecule has 2 aromatic rings. The fourth-order valence-corrected chi connectivity index (χ4v) is 3.79. The van der Waals surface area contributed by atoms with E-state index in [-0.39, 0.29) is 17.9 Å². The van der Waals surface area contributed by atoms with Gasteiger partial charge in [0, 0.05) is 19.0 Å². The first kappa shape index (κ1) is 25.2. The first-order valence-corrected chi connectivity index (χ1v) is 11.6. The Labute approximate surface area is 195 Å². The smallest absolute Gasteiger partial charge is 0.243 e. The standard InChI is InChI=1S/C25H32Cl2N2O2/c1-5-18-7-9-19(10-8-18)12-14-24(30)29(23(6-2)25(31)28-17(3)4)16-20-11-13-21(26)22(27)15-20/h7-11,13,15,17,23H,5-6,12,14,16H2,1-4H3,(H,28,31). The number of hydrogen-bond acceptors (Lipinski definition) is 2. The molecule has 0 radical (unpaired) electrons. The van der Waals surface area contributed by atoms with E-state index in [1.165, 1.54) is 5.56 Å². The predicted octanol–water partition coefficient (Wildman–Crippen LogP) is 5.82. The van der Waals surface area contributed by atoms with Gasteiger partial charge in [0.1, 0.15) is 6.04 Å². The van der Waals surface area contributed by atoms with Gasteiger partial charge in [0.2, 0.25) is 11.8 Å². The molecule has 0 aliphatic carbocycles. The summed E-state index contributed by atoms with van der Waals surface area (Å²) in [6.07, 6.45) is 2.47. The molecule has 1 atom stereocenters. The first-order chi connectivity index (χ1) is 14.7. The number of carbonyl (C=O) groups is 2. The zero-order valence-corrected chi connectivity index (χ0v) is 20.3. The molecule has 2 amide bonds. The van der Waals surface area contributed by atoms with E-state index in [0.717, 1.165) is 17.5 Å². The topological polar surface area (TPSA) is 49.4 Å². The largest absolute Gasteiger partial charge is 0.352 e. The predicted molar refractivity (Wildman–Crippen MR) is 129 cm³/mol. The number of nitrogens with zero attached hydrogens (tertiary/aromatic N) is 1. The van der Waals surface area contributed by atoms with Crippen molar-refractivity contribution in [2.45, 2.75) is 72.0 Å². The second-order valence-electron chi connectivity index (χ2n) is 8.03. The number of nitrogens with one attached hydrogen (secondary N) is 1. The van der Waals surface area contributed by atoms with Gasteiger partial charge in [0.15, 0.2) is 0 Å². The van der Waals surface area contributed by atoms with E-state index in [4.69, 9.17) is 23.2 Å². The molecule has 0 aromatic heterocycles. The summed E-state index contributed by atoms with van der Waals surface area (Å²) in [5.74, 6) is -0.199. The summed E-state index contributed by atoms with van der Waals surface area (Å²) in [6.45, 7) is 8.16. The van der Waals surface area contributed by atoms with Crippen LogP contribution in [0.25, 0.3) is 0 Å². The maximum atomic E-state index is 13.3. The van der Waals surface area contributed by atoms with Crippen LogP contribution in [0.1, 0.15) is 57.2 Å². The summed E-state index contributed by atoms with van der Waals surface area (Å²) in [4.78, 5) is 27.8. The molecule has 0 saturated carbocycles. The van der Waals surface area contributed by atoms with E-state index >= 15 is 0 Å². The second kappa shape index (κ2) is 12.1. The quantitative estimate of drug-likeness (QED) is 0.483. The molecule has 2 aromatic carbocycles. The van der Waals surface area contributed by atoms with E-state index in [2.05, 4.69) is 36.5 Å². The van der Waals surface area contributed by atoms with Crippen LogP contribution >= 0.6 is 23.2 Å². The van der Waals surface area contributed by atoms with Gasteiger partial charge in [0.25, 0.3) is 0 Å². The highest BCUT2D eigenvalue weighted by atomic mass is 35.5. The second-order valence-corrected chi connectivity index (χ2v) is 8.84. The molecule has 1 unspecified atom stereocenters. The summed E-state index contributed by atoms with van der Waals surface area (Å²) in [6, 6.07) is 13.1. The molecule has 0 fully saturated rings. The van der Waals surface area contributed by atoms with E-state index < -0.39 is 6.04 Å². The Balaban J connectivity index is 2.21. The third-order valence-electron chi connectivity index (χ3n) is 5.21. The highest BCUT2D eigenvalue weighted by molar-refractivity contribution is 6.42. The van der Waals surface area contributed by atoms with Crippen molar-refractivity contribution in [3.63, 3.8) is 0 Å². The maximum Gasteiger partial charge on any atom is 0.243 e. The van der Waals surface area contributed by atoms with Crippen molar-refractivity contribution in [1.29, 1.82) is 0 Å². The van der Waals surface area contributed by atoms with Gasteiger partial charge in [-0.05, 0) is 61.9 Å². The molecular weight excluding hydrogens is 431 g/mol. The van der Waals surface area contributed by atoms with Crippen LogP contribution in [0.4, 0.5) is 0 Å². The van der Waals surface area contributed by atoms with Crippen molar-refractivity contribution in [1.82, 2.24) is 10.2 Å². The van der Waals surface area contributed by atoms with Gasteiger partial charge in [-0.15, -0.1) is 0 Å². The molecule has 31 heavy (non-hydrogen) atoms. The lowest BCUT2D eigenvalue weighted by Gasteiger charge is -2.31. The van der Waals surface area contributed by atoms with Crippen LogP contribution in [0, 0.1) is 0 Å². The average molecular weight is 463 g/mol. The minimum Gasteiger partial charge on any atom is -0.352 e. The lowest BCUT2D eigenvalue weighted by Crippen LogP contribution is -2.50. The van der Waals surface area contributed by atoms with Gasteiger partial charge >= 0.3 is 0 Å². The van der Waals surface area contributed by atoms with Gasteiger partial charge in [-0.3, -0.25) is 9.59 Å². The third-order valence-corrected chi connectivity index (χ3v) is 5.95. The van der Waals surface area contributed by atoms with Crippen LogP contribution in [0.15, 0.2) is 42.5 Å². The highest BCUT2D eigenvalue weighted by Gasteiger charge is 2.28. The molecule has 0 aliphatic rings. The highest BCUT2D eigenvalue weighted by Crippen LogP contribution is 2.24. The van der Waals surface area contributed by atoms with E-state index in [1.54, 1.807) is 17.0 Å². The minimum atomic E-state index is -0.549. The monoisotopic (exact) mass is 462 g/mol. The number of carbonyl (C=O) groups excluding carboxylic acids is 2. The fourth-order valence-electron chi connectivity index (χ4n) is 3.47. The Bertz CT molecular complexity index is 882. The van der Waals surface area contributed by atoms with Gasteiger partial charge in [-0.1, -0.05) is 67.4 Å². The number of aryl methyl sites for hydroxylation is 2. The van der Waals surface area contributed by atoms with Crippen LogP contribution < -0.4 is 5.32 Å². The molecule has 0 aliphatic heterocycles. The van der Waals surface area contributed by atoms with Crippen LogP contribution in [-0.2, 0) is 29.0 Å². The van der Waals surface area contributed by atoms with Crippen LogP contribution in [0.2, 0.25) is 10.0 Å². The molecule has 2 rings (SSSR count). The molecule has 0 bridgehead atoms. The first-order valence-electron chi connectivity index (χ1n) is 10.9. The van der Waals surface area contributed by atoms with E-state index in [9.17, 15) is 9.59 Å². The van der Waals surface area contributed by atoms with Crippen LogP contribution in [0.3, 0.4) is 0 Å². The lowest BCUT2D eigenvalue weighted by atomic mass is 10.0. The molecule has 1 N–H and O–H groups in total. The summed E-state index contributed by atoms with van der Waals surface area (Å²) in [5, 5.41) is 3.84. The Morgan fingerprint density at radius 1 is 0.935 bits per heavy atom. The van der Waals surface area contributed by atoms with Gasteiger partial charge in [-0.25, -0.2) is 0 Å². The number of amides is 2. The zero-order chi connectivity index (χ0) is 23.0.